The molecule has 84 valence electrons. The van der Waals surface area contributed by atoms with Gasteiger partial charge in [-0.15, -0.1) is 12.4 Å². The highest BCUT2D eigenvalue weighted by Gasteiger charge is 2.23. The maximum atomic E-state index is 5.99. The largest absolute Gasteiger partial charge is 0.372 e. The summed E-state index contributed by atoms with van der Waals surface area (Å²) >= 11 is 5.81. The van der Waals surface area contributed by atoms with Crippen LogP contribution in [0.1, 0.15) is 24.5 Å². The second-order valence-electron chi connectivity index (χ2n) is 3.65. The van der Waals surface area contributed by atoms with Crippen molar-refractivity contribution in [2.24, 2.45) is 5.73 Å². The van der Waals surface area contributed by atoms with Crippen molar-refractivity contribution < 1.29 is 4.74 Å². The van der Waals surface area contributed by atoms with Crippen LogP contribution in [0.3, 0.4) is 0 Å². The van der Waals surface area contributed by atoms with Crippen LogP contribution in [0, 0.1) is 0 Å². The summed E-state index contributed by atoms with van der Waals surface area (Å²) < 4.78 is 5.65. The molecule has 1 aromatic rings. The Kier molecular flexibility index (Phi) is 4.87. The van der Waals surface area contributed by atoms with Gasteiger partial charge in [-0.05, 0) is 30.5 Å². The van der Waals surface area contributed by atoms with Crippen molar-refractivity contribution in [1.29, 1.82) is 0 Å². The van der Waals surface area contributed by atoms with Gasteiger partial charge in [-0.2, -0.15) is 0 Å². The van der Waals surface area contributed by atoms with Gasteiger partial charge in [-0.3, -0.25) is 0 Å². The number of ether oxygens (including phenoxy) is 1. The molecule has 0 spiro atoms. The zero-order valence-corrected chi connectivity index (χ0v) is 9.93. The monoisotopic (exact) mass is 247 g/mol. The maximum Gasteiger partial charge on any atom is 0.0975 e. The van der Waals surface area contributed by atoms with Crippen LogP contribution in [0.2, 0.25) is 5.02 Å². The Morgan fingerprint density at radius 2 is 1.93 bits per heavy atom. The van der Waals surface area contributed by atoms with Gasteiger partial charge < -0.3 is 10.5 Å². The van der Waals surface area contributed by atoms with Crippen molar-refractivity contribution in [3.05, 3.63) is 34.9 Å². The maximum absolute atomic E-state index is 5.99. The first-order chi connectivity index (χ1) is 6.77. The second kappa shape index (κ2) is 5.71. The van der Waals surface area contributed by atoms with Crippen LogP contribution >= 0.6 is 24.0 Å². The lowest BCUT2D eigenvalue weighted by Gasteiger charge is -2.29. The Bertz CT molecular complexity index is 302. The number of hydrogen-bond donors (Lipinski definition) is 1. The van der Waals surface area contributed by atoms with E-state index in [-0.39, 0.29) is 24.6 Å². The third-order valence-electron chi connectivity index (χ3n) is 2.57. The number of benzene rings is 1. The normalized spacial score (nSPS) is 25.7. The highest BCUT2D eigenvalue weighted by atomic mass is 35.5. The topological polar surface area (TPSA) is 35.2 Å². The van der Waals surface area contributed by atoms with E-state index in [9.17, 15) is 0 Å². The molecule has 0 amide bonds. The fourth-order valence-electron chi connectivity index (χ4n) is 1.80. The first-order valence-corrected chi connectivity index (χ1v) is 5.28. The molecular weight excluding hydrogens is 233 g/mol. The fourth-order valence-corrected chi connectivity index (χ4v) is 1.93. The Hall–Kier alpha value is -0.280. The molecule has 0 saturated carbocycles. The lowest BCUT2D eigenvalue weighted by Crippen LogP contribution is -2.34. The van der Waals surface area contributed by atoms with E-state index in [2.05, 4.69) is 0 Å². The zero-order chi connectivity index (χ0) is 9.97. The average molecular weight is 248 g/mol. The molecule has 1 aliphatic heterocycles. The molecular formula is C11H15Cl2NO. The van der Waals surface area contributed by atoms with E-state index >= 15 is 0 Å². The predicted molar refractivity (Wildman–Crippen MR) is 64.6 cm³/mol. The van der Waals surface area contributed by atoms with Gasteiger partial charge in [0, 0.05) is 17.7 Å². The van der Waals surface area contributed by atoms with Gasteiger partial charge in [0.2, 0.25) is 0 Å². The molecule has 1 saturated heterocycles. The van der Waals surface area contributed by atoms with Gasteiger partial charge in [0.15, 0.2) is 0 Å². The minimum absolute atomic E-state index is 0. The Morgan fingerprint density at radius 1 is 1.27 bits per heavy atom. The summed E-state index contributed by atoms with van der Waals surface area (Å²) in [6.07, 6.45) is 2.14. The minimum Gasteiger partial charge on any atom is -0.372 e. The van der Waals surface area contributed by atoms with Crippen molar-refractivity contribution in [3.8, 4) is 0 Å². The van der Waals surface area contributed by atoms with Gasteiger partial charge in [0.05, 0.1) is 6.10 Å². The van der Waals surface area contributed by atoms with E-state index in [1.165, 1.54) is 0 Å². The van der Waals surface area contributed by atoms with Crippen LogP contribution < -0.4 is 5.73 Å². The summed E-state index contributed by atoms with van der Waals surface area (Å²) in [7, 11) is 0. The molecule has 0 bridgehead atoms. The van der Waals surface area contributed by atoms with E-state index in [0.717, 1.165) is 30.0 Å². The second-order valence-corrected chi connectivity index (χ2v) is 4.09. The lowest BCUT2D eigenvalue weighted by atomic mass is 9.97. The molecule has 1 aromatic carbocycles. The Morgan fingerprint density at radius 3 is 2.53 bits per heavy atom. The third kappa shape index (κ3) is 3.08. The molecule has 4 heteroatoms. The quantitative estimate of drug-likeness (QED) is 0.829. The summed E-state index contributed by atoms with van der Waals surface area (Å²) in [5.41, 5.74) is 7.12. The van der Waals surface area contributed by atoms with E-state index < -0.39 is 0 Å². The summed E-state index contributed by atoms with van der Waals surface area (Å²) in [5.74, 6) is 0. The first kappa shape index (κ1) is 12.8. The van der Waals surface area contributed by atoms with Crippen LogP contribution in [0.5, 0.6) is 0 Å². The predicted octanol–water partition coefficient (Wildman–Crippen LogP) is 2.94. The molecule has 2 nitrogen and oxygen atoms in total. The van der Waals surface area contributed by atoms with Crippen LogP contribution in [0.4, 0.5) is 0 Å². The number of nitrogens with two attached hydrogens (primary N) is 1. The zero-order valence-electron chi connectivity index (χ0n) is 8.36. The van der Waals surface area contributed by atoms with Gasteiger partial charge in [-0.25, -0.2) is 0 Å². The molecule has 15 heavy (non-hydrogen) atoms. The summed E-state index contributed by atoms with van der Waals surface area (Å²) in [4.78, 5) is 0. The summed E-state index contributed by atoms with van der Waals surface area (Å²) in [6, 6.07) is 7.84. The van der Waals surface area contributed by atoms with Crippen LogP contribution in [-0.4, -0.2) is 12.6 Å². The molecule has 2 N–H and O–H groups in total. The highest BCUT2D eigenvalue weighted by molar-refractivity contribution is 6.30. The van der Waals surface area contributed by atoms with E-state index in [4.69, 9.17) is 22.1 Å². The van der Waals surface area contributed by atoms with Gasteiger partial charge >= 0.3 is 0 Å². The smallest absolute Gasteiger partial charge is 0.0975 e. The molecule has 1 fully saturated rings. The average Bonchev–Trinajstić information content (AvgIpc) is 2.20. The van der Waals surface area contributed by atoms with E-state index in [1.807, 2.05) is 24.3 Å². The highest BCUT2D eigenvalue weighted by Crippen LogP contribution is 2.27. The minimum atomic E-state index is 0. The first-order valence-electron chi connectivity index (χ1n) is 4.90. The molecule has 0 radical (unpaired) electrons. The van der Waals surface area contributed by atoms with E-state index in [0.29, 0.717) is 0 Å². The Balaban J connectivity index is 0.00000112. The number of halogens is 2. The SMILES string of the molecule is Cl.NC1CCCOC1c1ccc(Cl)cc1. The van der Waals surface area contributed by atoms with Crippen molar-refractivity contribution in [2.75, 3.05) is 6.61 Å². The van der Waals surface area contributed by atoms with Crippen LogP contribution in [0.25, 0.3) is 0 Å². The lowest BCUT2D eigenvalue weighted by molar-refractivity contribution is 0.000149. The standard InChI is InChI=1S/C11H14ClNO.ClH/c12-9-5-3-8(4-6-9)11-10(13)2-1-7-14-11;/h3-6,10-11H,1-2,7,13H2;1H. The fraction of sp³-hybridized carbons (Fsp3) is 0.455. The molecule has 1 heterocycles. The van der Waals surface area contributed by atoms with Gasteiger partial charge in [-0.1, -0.05) is 23.7 Å². The molecule has 0 aromatic heterocycles. The van der Waals surface area contributed by atoms with Crippen molar-refractivity contribution in [2.45, 2.75) is 25.0 Å². The van der Waals surface area contributed by atoms with Crippen molar-refractivity contribution in [1.82, 2.24) is 0 Å². The molecule has 0 aliphatic carbocycles. The van der Waals surface area contributed by atoms with Gasteiger partial charge in [0.25, 0.3) is 0 Å². The molecule has 2 rings (SSSR count). The van der Waals surface area contributed by atoms with Crippen molar-refractivity contribution >= 4 is 24.0 Å². The number of rotatable bonds is 1. The third-order valence-corrected chi connectivity index (χ3v) is 2.82. The van der Waals surface area contributed by atoms with Crippen LogP contribution in [-0.2, 0) is 4.74 Å². The number of hydrogen-bond acceptors (Lipinski definition) is 2. The van der Waals surface area contributed by atoms with Crippen LogP contribution in [0.15, 0.2) is 24.3 Å². The molecule has 2 unspecified atom stereocenters. The van der Waals surface area contributed by atoms with Crippen molar-refractivity contribution in [3.63, 3.8) is 0 Å². The molecule has 1 aliphatic rings. The summed E-state index contributed by atoms with van der Waals surface area (Å²) in [5, 5.41) is 0.748. The molecule has 2 atom stereocenters. The summed E-state index contributed by atoms with van der Waals surface area (Å²) in [6.45, 7) is 0.807. The van der Waals surface area contributed by atoms with Gasteiger partial charge in [0.1, 0.15) is 0 Å². The Labute approximate surface area is 101 Å². The van der Waals surface area contributed by atoms with E-state index in [1.54, 1.807) is 0 Å².